The number of nitrogens with one attached hydrogen (secondary N) is 2. The summed E-state index contributed by atoms with van der Waals surface area (Å²) < 4.78 is 0. The zero-order chi connectivity index (χ0) is 6.91. The lowest BCUT2D eigenvalue weighted by molar-refractivity contribution is -0.142. The Morgan fingerprint density at radius 3 is 2.67 bits per heavy atom. The lowest BCUT2D eigenvalue weighted by Crippen LogP contribution is -2.48. The summed E-state index contributed by atoms with van der Waals surface area (Å²) in [5.41, 5.74) is 4.22. The van der Waals surface area contributed by atoms with Crippen molar-refractivity contribution in [3.63, 3.8) is 0 Å². The normalized spacial score (nSPS) is 32.1. The highest BCUT2D eigenvalue weighted by atomic mass is 16.4. The lowest BCUT2D eigenvalue weighted by Gasteiger charge is -2.14. The van der Waals surface area contributed by atoms with Gasteiger partial charge in [-0.25, -0.2) is 10.2 Å². The highest BCUT2D eigenvalue weighted by Gasteiger charge is 2.31. The highest BCUT2D eigenvalue weighted by Crippen LogP contribution is 2.07. The van der Waals surface area contributed by atoms with E-state index < -0.39 is 11.5 Å². The second-order valence-corrected chi connectivity index (χ2v) is 2.11. The second kappa shape index (κ2) is 1.73. The molecular formula is C5H8N2O2. The Bertz CT molecular complexity index is 166. The molecule has 0 aromatic rings. The highest BCUT2D eigenvalue weighted by molar-refractivity contribution is 5.81. The third kappa shape index (κ3) is 0.882. The summed E-state index contributed by atoms with van der Waals surface area (Å²) in [6.45, 7) is 1.58. The zero-order valence-electron chi connectivity index (χ0n) is 5.01. The van der Waals surface area contributed by atoms with Gasteiger partial charge in [0.2, 0.25) is 0 Å². The van der Waals surface area contributed by atoms with Crippen molar-refractivity contribution in [3.05, 3.63) is 12.3 Å². The maximum Gasteiger partial charge on any atom is 0.329 e. The fourth-order valence-corrected chi connectivity index (χ4v) is 0.566. The average Bonchev–Trinajstić information content (AvgIpc) is 2.16. The number of carboxylic acid groups (broad SMARTS) is 1. The topological polar surface area (TPSA) is 61.4 Å². The Hall–Kier alpha value is -1.03. The molecule has 0 bridgehead atoms. The molecule has 1 aliphatic heterocycles. The molecule has 0 aromatic heterocycles. The first-order valence-electron chi connectivity index (χ1n) is 2.59. The van der Waals surface area contributed by atoms with Gasteiger partial charge in [0, 0.05) is 6.20 Å². The van der Waals surface area contributed by atoms with E-state index in [0.29, 0.717) is 0 Å². The molecule has 9 heavy (non-hydrogen) atoms. The summed E-state index contributed by atoms with van der Waals surface area (Å²) >= 11 is 0. The Balaban J connectivity index is 2.74. The van der Waals surface area contributed by atoms with Gasteiger partial charge in [-0.1, -0.05) is 0 Å². The quantitative estimate of drug-likeness (QED) is 0.443. The van der Waals surface area contributed by atoms with Gasteiger partial charge in [0.05, 0.1) is 0 Å². The third-order valence-electron chi connectivity index (χ3n) is 1.28. The Morgan fingerprint density at radius 2 is 2.44 bits per heavy atom. The van der Waals surface area contributed by atoms with E-state index in [-0.39, 0.29) is 0 Å². The fourth-order valence-electron chi connectivity index (χ4n) is 0.566. The van der Waals surface area contributed by atoms with E-state index in [9.17, 15) is 4.79 Å². The molecule has 1 heterocycles. The number of hydrazine groups is 1. The molecule has 0 saturated carbocycles. The second-order valence-electron chi connectivity index (χ2n) is 2.11. The van der Waals surface area contributed by atoms with E-state index in [0.717, 1.165) is 0 Å². The van der Waals surface area contributed by atoms with Crippen LogP contribution in [0, 0.1) is 0 Å². The predicted molar refractivity (Wildman–Crippen MR) is 31.5 cm³/mol. The molecule has 1 atom stereocenters. The van der Waals surface area contributed by atoms with Gasteiger partial charge >= 0.3 is 5.97 Å². The van der Waals surface area contributed by atoms with E-state index >= 15 is 0 Å². The summed E-state index contributed by atoms with van der Waals surface area (Å²) in [7, 11) is 0. The maximum atomic E-state index is 10.4. The smallest absolute Gasteiger partial charge is 0.329 e. The predicted octanol–water partition coefficient (Wildman–Crippen LogP) is -0.549. The van der Waals surface area contributed by atoms with Crippen LogP contribution < -0.4 is 10.9 Å². The minimum Gasteiger partial charge on any atom is -0.480 e. The van der Waals surface area contributed by atoms with Crippen LogP contribution in [0.25, 0.3) is 0 Å². The molecular weight excluding hydrogens is 120 g/mol. The van der Waals surface area contributed by atoms with Crippen molar-refractivity contribution in [1.29, 1.82) is 0 Å². The van der Waals surface area contributed by atoms with Crippen molar-refractivity contribution in [2.75, 3.05) is 0 Å². The summed E-state index contributed by atoms with van der Waals surface area (Å²) in [5, 5.41) is 8.52. The van der Waals surface area contributed by atoms with Gasteiger partial charge in [-0.05, 0) is 13.0 Å². The fraction of sp³-hybridized carbons (Fsp3) is 0.400. The van der Waals surface area contributed by atoms with Crippen molar-refractivity contribution < 1.29 is 9.90 Å². The number of hydrogen-bond acceptors (Lipinski definition) is 3. The largest absolute Gasteiger partial charge is 0.480 e. The molecule has 0 aliphatic carbocycles. The molecule has 1 rings (SSSR count). The van der Waals surface area contributed by atoms with Gasteiger partial charge in [0.1, 0.15) is 0 Å². The summed E-state index contributed by atoms with van der Waals surface area (Å²) in [5.74, 6) is -0.885. The SMILES string of the molecule is CC1(C(=O)O)C=CNN1. The van der Waals surface area contributed by atoms with Gasteiger partial charge in [-0.15, -0.1) is 0 Å². The molecule has 0 amide bonds. The third-order valence-corrected chi connectivity index (χ3v) is 1.28. The summed E-state index contributed by atoms with van der Waals surface area (Å²) in [6, 6.07) is 0. The standard InChI is InChI=1S/C5H8N2O2/c1-5(4(8)9)2-3-6-7-5/h2-3,6-7H,1H3,(H,8,9). The van der Waals surface area contributed by atoms with Crippen LogP contribution in [-0.4, -0.2) is 16.6 Å². The lowest BCUT2D eigenvalue weighted by atomic mass is 10.1. The summed E-state index contributed by atoms with van der Waals surface area (Å²) in [6.07, 6.45) is 3.11. The van der Waals surface area contributed by atoms with Crippen LogP contribution in [0.1, 0.15) is 6.92 Å². The zero-order valence-corrected chi connectivity index (χ0v) is 5.01. The first kappa shape index (κ1) is 6.10. The van der Waals surface area contributed by atoms with Crippen LogP contribution in [0.2, 0.25) is 0 Å². The average molecular weight is 128 g/mol. The number of aliphatic carboxylic acids is 1. The van der Waals surface area contributed by atoms with Crippen molar-refractivity contribution >= 4 is 5.97 Å². The van der Waals surface area contributed by atoms with E-state index in [1.54, 1.807) is 19.2 Å². The van der Waals surface area contributed by atoms with E-state index in [4.69, 9.17) is 5.11 Å². The molecule has 4 heteroatoms. The Kier molecular flexibility index (Phi) is 1.17. The molecule has 4 nitrogen and oxygen atoms in total. The van der Waals surface area contributed by atoms with Crippen LogP contribution in [0.15, 0.2) is 12.3 Å². The van der Waals surface area contributed by atoms with Crippen LogP contribution in [0.4, 0.5) is 0 Å². The molecule has 50 valence electrons. The van der Waals surface area contributed by atoms with E-state index in [1.807, 2.05) is 0 Å². The van der Waals surface area contributed by atoms with Crippen LogP contribution in [0.5, 0.6) is 0 Å². The van der Waals surface area contributed by atoms with Gasteiger partial charge in [0.25, 0.3) is 0 Å². The van der Waals surface area contributed by atoms with Gasteiger partial charge < -0.3 is 10.5 Å². The molecule has 0 saturated heterocycles. The van der Waals surface area contributed by atoms with Gasteiger partial charge in [-0.3, -0.25) is 0 Å². The Morgan fingerprint density at radius 1 is 1.78 bits per heavy atom. The van der Waals surface area contributed by atoms with E-state index in [1.165, 1.54) is 0 Å². The molecule has 3 N–H and O–H groups in total. The van der Waals surface area contributed by atoms with Gasteiger partial charge in [-0.2, -0.15) is 0 Å². The monoisotopic (exact) mass is 128 g/mol. The first-order valence-corrected chi connectivity index (χ1v) is 2.59. The summed E-state index contributed by atoms with van der Waals surface area (Å²) in [4.78, 5) is 10.4. The number of hydrogen-bond donors (Lipinski definition) is 3. The minimum absolute atomic E-state index is 0.885. The van der Waals surface area contributed by atoms with Crippen LogP contribution in [0.3, 0.4) is 0 Å². The van der Waals surface area contributed by atoms with Crippen molar-refractivity contribution in [2.24, 2.45) is 0 Å². The van der Waals surface area contributed by atoms with E-state index in [2.05, 4.69) is 10.9 Å². The first-order chi connectivity index (χ1) is 4.15. The molecule has 1 aliphatic rings. The van der Waals surface area contributed by atoms with Crippen LogP contribution in [-0.2, 0) is 4.79 Å². The maximum absolute atomic E-state index is 10.4. The van der Waals surface area contributed by atoms with Crippen molar-refractivity contribution in [2.45, 2.75) is 12.5 Å². The molecule has 1 unspecified atom stereocenters. The molecule has 0 radical (unpaired) electrons. The molecule has 0 fully saturated rings. The van der Waals surface area contributed by atoms with Crippen molar-refractivity contribution in [3.8, 4) is 0 Å². The Labute approximate surface area is 52.5 Å². The minimum atomic E-state index is -0.931. The molecule has 0 aromatic carbocycles. The number of rotatable bonds is 1. The van der Waals surface area contributed by atoms with Crippen LogP contribution >= 0.6 is 0 Å². The number of carbonyl (C=O) groups is 1. The number of carboxylic acids is 1. The molecule has 0 spiro atoms. The van der Waals surface area contributed by atoms with Gasteiger partial charge in [0.15, 0.2) is 5.54 Å². The van der Waals surface area contributed by atoms with Crippen molar-refractivity contribution in [1.82, 2.24) is 10.9 Å².